The lowest BCUT2D eigenvalue weighted by Crippen LogP contribution is -2.59. The van der Waals surface area contributed by atoms with E-state index in [4.69, 9.17) is 29.8 Å². The van der Waals surface area contributed by atoms with Gasteiger partial charge in [0.25, 0.3) is 0 Å². The van der Waals surface area contributed by atoms with Crippen molar-refractivity contribution < 1.29 is 81.9 Å². The molecule has 1 saturated heterocycles. The molecule has 0 unspecified atom stereocenters. The number of primary amides is 1. The number of amides is 6. The van der Waals surface area contributed by atoms with Gasteiger partial charge in [0, 0.05) is 71.9 Å². The molecule has 2 aliphatic rings. The van der Waals surface area contributed by atoms with Crippen LogP contribution in [0.5, 0.6) is 5.75 Å². The first kappa shape index (κ1) is 93.8. The molecule has 3 rings (SSSR count). The van der Waals surface area contributed by atoms with Crippen LogP contribution in [-0.4, -0.2) is 209 Å². The highest BCUT2D eigenvalue weighted by Gasteiger charge is 2.35. The van der Waals surface area contributed by atoms with Gasteiger partial charge in [0.2, 0.25) is 35.4 Å². The van der Waals surface area contributed by atoms with Crippen molar-refractivity contribution in [3.05, 3.63) is 29.8 Å². The second-order valence-electron chi connectivity index (χ2n) is 28.7. The molecule has 1 heterocycles. The van der Waals surface area contributed by atoms with E-state index in [9.17, 15) is 57.8 Å². The van der Waals surface area contributed by atoms with E-state index in [0.717, 1.165) is 83.7 Å². The Kier molecular flexibility index (Phi) is 53.1. The predicted molar refractivity (Wildman–Crippen MR) is 401 cm³/mol. The number of carboxylic acids is 1. The number of phenolic OH excluding ortho intramolecular Hbond substituents is 1. The van der Waals surface area contributed by atoms with E-state index in [-0.39, 0.29) is 99.2 Å². The second kappa shape index (κ2) is 58.8. The van der Waals surface area contributed by atoms with Crippen LogP contribution in [0, 0.1) is 11.8 Å². The molecule has 6 amide bonds. The summed E-state index contributed by atoms with van der Waals surface area (Å²) in [4.78, 5) is 139. The molecule has 0 radical (unpaired) electrons. The summed E-state index contributed by atoms with van der Waals surface area (Å²) in [5, 5.41) is 38.8. The Bertz CT molecular complexity index is 2600. The molecule has 4 atom stereocenters. The molecule has 594 valence electrons. The number of hydrogen-bond acceptors (Lipinski definition) is 19. The summed E-state index contributed by atoms with van der Waals surface area (Å²) in [5.74, 6) is -2.20. The smallest absolute Gasteiger partial charge is 0.303 e. The highest BCUT2D eigenvalue weighted by atomic mass is 16.5. The molecular weight excluding hydrogens is 1330 g/mol. The number of ketones is 4. The first-order valence-corrected chi connectivity index (χ1v) is 39.2. The quantitative estimate of drug-likeness (QED) is 0.0276. The Morgan fingerprint density at radius 1 is 0.587 bits per heavy atom. The number of nitrogens with one attached hydrogen (secondary N) is 7. The van der Waals surface area contributed by atoms with Gasteiger partial charge in [-0.2, -0.15) is 0 Å². The summed E-state index contributed by atoms with van der Waals surface area (Å²) >= 11 is 0. The number of phenols is 1. The number of carboxylic acid groups (broad SMARTS) is 1. The van der Waals surface area contributed by atoms with Crippen molar-refractivity contribution >= 4 is 64.5 Å². The number of aliphatic carboxylic acids is 1. The summed E-state index contributed by atoms with van der Waals surface area (Å²) in [6, 6.07) is 3.18. The van der Waals surface area contributed by atoms with Crippen LogP contribution in [0.1, 0.15) is 252 Å². The van der Waals surface area contributed by atoms with Crippen LogP contribution in [0.15, 0.2) is 24.3 Å². The van der Waals surface area contributed by atoms with Gasteiger partial charge in [-0.1, -0.05) is 129 Å². The molecule has 1 aliphatic carbocycles. The third kappa shape index (κ3) is 46.6. The maximum atomic E-state index is 13.8. The zero-order valence-electron chi connectivity index (χ0n) is 64.3. The van der Waals surface area contributed by atoms with E-state index in [0.29, 0.717) is 109 Å². The average molecular weight is 1470 g/mol. The van der Waals surface area contributed by atoms with Gasteiger partial charge < -0.3 is 72.1 Å². The van der Waals surface area contributed by atoms with Gasteiger partial charge in [-0.15, -0.1) is 0 Å². The minimum absolute atomic E-state index is 0.0136. The number of nitrogens with zero attached hydrogens (tertiary/aromatic N) is 1. The summed E-state index contributed by atoms with van der Waals surface area (Å²) in [6.07, 6.45) is 31.2. The molecule has 1 saturated carbocycles. The highest BCUT2D eigenvalue weighted by Crippen LogP contribution is 2.29. The van der Waals surface area contributed by atoms with Gasteiger partial charge in [-0.05, 0) is 134 Å². The van der Waals surface area contributed by atoms with Crippen LogP contribution < -0.4 is 43.0 Å². The van der Waals surface area contributed by atoms with E-state index in [1.807, 2.05) is 6.92 Å². The first-order chi connectivity index (χ1) is 50.0. The van der Waals surface area contributed by atoms with Gasteiger partial charge in [-0.25, -0.2) is 0 Å². The van der Waals surface area contributed by atoms with Gasteiger partial charge in [0.05, 0.1) is 69.7 Å². The summed E-state index contributed by atoms with van der Waals surface area (Å²) < 4.78 is 20.9. The number of rotatable bonds is 63. The molecule has 2 fully saturated rings. The Morgan fingerprint density at radius 3 is 1.76 bits per heavy atom. The Labute approximate surface area is 620 Å². The molecule has 11 N–H and O–H groups in total. The van der Waals surface area contributed by atoms with Crippen LogP contribution in [0.4, 0.5) is 0 Å². The van der Waals surface area contributed by atoms with E-state index in [1.165, 1.54) is 96.1 Å². The molecule has 1 aromatic carbocycles. The number of ether oxygens (including phenoxy) is 4. The standard InChI is InChI=1S/C47H77N7O13.C31H58N2O4/c1-6-7-13-37(51-29-43(60)47(3,4)53-46(63)39(52-33(2)55)27-34-16-18-35(56)19-17-34)41(58)28-50-38(42(59)30-54-21-10-15-40(54)45(48)62)14-8-9-20-49-44(61)32-67-26-25-65-22-11-12-36(57)31-66-24-23-64-5;1-2-25-32-31(37)28-23-21-27(22-24-28)26-33-29(34)19-17-15-13-11-9-7-5-3-4-6-8-10-12-14-16-18-20-30(35)36/h16-19,37-40,50-51,56H,6-15,20-32H2,1-5H3,(H2,48,62)(H,49,61)(H,52,55)(H,53,63);27-28H,2-26H2,1H3,(H,32,37)(H,33,34)(H,35,36)/t37-,38-,39-,40-;/m0./s1. The highest BCUT2D eigenvalue weighted by molar-refractivity contribution is 5.96. The number of likely N-dealkylation sites (tertiary alicyclic amines) is 1. The minimum atomic E-state index is -1.38. The second-order valence-corrected chi connectivity index (χ2v) is 28.7. The maximum absolute atomic E-state index is 13.8. The Balaban J connectivity index is 0.000000837. The van der Waals surface area contributed by atoms with Gasteiger partial charge in [0.15, 0.2) is 23.1 Å². The van der Waals surface area contributed by atoms with Crippen molar-refractivity contribution in [3.8, 4) is 5.75 Å². The number of unbranched alkanes of at least 4 members (excludes halogenated alkanes) is 17. The van der Waals surface area contributed by atoms with Gasteiger partial charge in [-0.3, -0.25) is 57.6 Å². The lowest BCUT2D eigenvalue weighted by Gasteiger charge is -2.29. The lowest BCUT2D eigenvalue weighted by atomic mass is 9.81. The summed E-state index contributed by atoms with van der Waals surface area (Å²) in [7, 11) is 1.56. The molecule has 104 heavy (non-hydrogen) atoms. The topological polar surface area (TPSA) is 379 Å². The summed E-state index contributed by atoms with van der Waals surface area (Å²) in [6.45, 7) is 11.9. The molecular formula is C78H135N9O17. The zero-order valence-corrected chi connectivity index (χ0v) is 64.3. The van der Waals surface area contributed by atoms with Crippen molar-refractivity contribution in [1.82, 2.24) is 42.1 Å². The van der Waals surface area contributed by atoms with Gasteiger partial charge in [0.1, 0.15) is 25.0 Å². The molecule has 26 heteroatoms. The average Bonchev–Trinajstić information content (AvgIpc) is 1.31. The Morgan fingerprint density at radius 2 is 1.16 bits per heavy atom. The predicted octanol–water partition coefficient (Wildman–Crippen LogP) is 7.97. The third-order valence-electron chi connectivity index (χ3n) is 19.1. The van der Waals surface area contributed by atoms with Crippen LogP contribution in [0.3, 0.4) is 0 Å². The largest absolute Gasteiger partial charge is 0.508 e. The number of hydrogen-bond donors (Lipinski definition) is 10. The molecule has 0 aromatic heterocycles. The first-order valence-electron chi connectivity index (χ1n) is 39.2. The number of carbonyl (C=O) groups is 11. The molecule has 26 nitrogen and oxygen atoms in total. The van der Waals surface area contributed by atoms with Crippen molar-refractivity contribution in [2.75, 3.05) is 99.2 Å². The zero-order chi connectivity index (χ0) is 76.6. The molecule has 1 aromatic rings. The molecule has 1 aliphatic heterocycles. The molecule has 0 bridgehead atoms. The molecule has 0 spiro atoms. The van der Waals surface area contributed by atoms with Crippen molar-refractivity contribution in [2.24, 2.45) is 17.6 Å². The van der Waals surface area contributed by atoms with Crippen molar-refractivity contribution in [3.63, 3.8) is 0 Å². The van der Waals surface area contributed by atoms with Crippen molar-refractivity contribution in [2.45, 2.75) is 283 Å². The van der Waals surface area contributed by atoms with Crippen LogP contribution >= 0.6 is 0 Å². The van der Waals surface area contributed by atoms with Crippen LogP contribution in [-0.2, 0) is 78.1 Å². The minimum Gasteiger partial charge on any atom is -0.508 e. The van der Waals surface area contributed by atoms with E-state index in [2.05, 4.69) is 44.1 Å². The number of aromatic hydroxyl groups is 1. The fourth-order valence-electron chi connectivity index (χ4n) is 12.7. The fourth-order valence-corrected chi connectivity index (χ4v) is 12.7. The SMILES string of the molecule is CCCC[C@H](NCC(=O)C(C)(C)NC(=O)[C@H](Cc1ccc(O)cc1)NC(C)=O)C(=O)CN[C@@H](CCCCNC(=O)COCCOCCCC(=O)COCCOC)C(=O)CN1CCC[C@H]1C(N)=O.CCCNC(=O)C1CCC(CNC(=O)CCCCCCCCCCCCCCCCCCC(=O)O)CC1. The summed E-state index contributed by atoms with van der Waals surface area (Å²) in [5.41, 5.74) is 4.92. The maximum Gasteiger partial charge on any atom is 0.303 e. The monoisotopic (exact) mass is 1470 g/mol. The van der Waals surface area contributed by atoms with E-state index in [1.54, 1.807) is 38.0 Å². The van der Waals surface area contributed by atoms with E-state index >= 15 is 0 Å². The van der Waals surface area contributed by atoms with Crippen molar-refractivity contribution in [1.29, 1.82) is 0 Å². The van der Waals surface area contributed by atoms with Gasteiger partial charge >= 0.3 is 5.97 Å². The Hall–Kier alpha value is -6.29. The lowest BCUT2D eigenvalue weighted by molar-refractivity contribution is -0.137. The van der Waals surface area contributed by atoms with E-state index < -0.39 is 59.2 Å². The normalized spacial score (nSPS) is 16.1. The number of carbonyl (C=O) groups excluding carboxylic acids is 10. The number of Topliss-reactive ketones (excluding diaryl/α,β-unsaturated/α-hetero) is 4. The number of methoxy groups -OCH3 is 1. The third-order valence-corrected chi connectivity index (χ3v) is 19.1. The van der Waals surface area contributed by atoms with Crippen LogP contribution in [0.25, 0.3) is 0 Å². The van der Waals surface area contributed by atoms with Crippen LogP contribution in [0.2, 0.25) is 0 Å². The number of nitrogens with two attached hydrogens (primary N) is 1. The number of benzene rings is 1. The fraction of sp³-hybridized carbons (Fsp3) is 0.782.